The van der Waals surface area contributed by atoms with Crippen molar-refractivity contribution < 1.29 is 4.79 Å². The van der Waals surface area contributed by atoms with Gasteiger partial charge in [-0.15, -0.1) is 11.3 Å². The van der Waals surface area contributed by atoms with Crippen molar-refractivity contribution in [2.24, 2.45) is 5.92 Å². The summed E-state index contributed by atoms with van der Waals surface area (Å²) < 4.78 is 1.87. The Hall–Kier alpha value is -1.86. The number of carbonyl (C=O) groups is 1. The molecule has 7 heteroatoms. The van der Waals surface area contributed by atoms with E-state index >= 15 is 0 Å². The van der Waals surface area contributed by atoms with Gasteiger partial charge in [0.05, 0.1) is 12.2 Å². The number of likely N-dealkylation sites (N-methyl/N-ethyl adjacent to an activating group) is 1. The van der Waals surface area contributed by atoms with E-state index in [1.54, 1.807) is 17.5 Å². The third-order valence-corrected chi connectivity index (χ3v) is 5.01. The first-order chi connectivity index (χ1) is 11.1. The zero-order valence-electron chi connectivity index (χ0n) is 13.5. The molecule has 1 saturated carbocycles. The number of rotatable bonds is 7. The topological polar surface area (TPSA) is 62.2 Å². The van der Waals surface area contributed by atoms with E-state index in [9.17, 15) is 4.79 Å². The second-order valence-electron chi connectivity index (χ2n) is 6.17. The summed E-state index contributed by atoms with van der Waals surface area (Å²) in [5, 5.41) is 12.2. The van der Waals surface area contributed by atoms with Crippen LogP contribution in [0.15, 0.2) is 29.8 Å². The van der Waals surface area contributed by atoms with Gasteiger partial charge in [-0.1, -0.05) is 6.07 Å². The Morgan fingerprint density at radius 1 is 1.48 bits per heavy atom. The third-order valence-electron chi connectivity index (χ3n) is 4.04. The third kappa shape index (κ3) is 4.33. The summed E-state index contributed by atoms with van der Waals surface area (Å²) in [5.41, 5.74) is 0. The summed E-state index contributed by atoms with van der Waals surface area (Å²) in [6, 6.07) is 5.96. The van der Waals surface area contributed by atoms with Gasteiger partial charge < -0.3 is 10.2 Å². The summed E-state index contributed by atoms with van der Waals surface area (Å²) >= 11 is 1.71. The van der Waals surface area contributed by atoms with E-state index in [1.165, 1.54) is 17.7 Å². The average Bonchev–Trinajstić information content (AvgIpc) is 2.97. The molecule has 0 aliphatic heterocycles. The van der Waals surface area contributed by atoms with Gasteiger partial charge in [0.15, 0.2) is 0 Å². The van der Waals surface area contributed by atoms with Crippen LogP contribution >= 0.6 is 11.3 Å². The van der Waals surface area contributed by atoms with Gasteiger partial charge in [0.2, 0.25) is 0 Å². The summed E-state index contributed by atoms with van der Waals surface area (Å²) in [6.45, 7) is 1.45. The number of nitrogens with zero attached hydrogens (tertiary/aromatic N) is 3. The number of hydrogen-bond donors (Lipinski definition) is 2. The molecular weight excluding hydrogens is 310 g/mol. The maximum absolute atomic E-state index is 12.2. The molecule has 1 aliphatic carbocycles. The molecule has 6 nitrogen and oxygen atoms in total. The Balaban J connectivity index is 1.53. The van der Waals surface area contributed by atoms with Crippen LogP contribution in [0.2, 0.25) is 0 Å². The molecule has 2 aromatic heterocycles. The smallest absolute Gasteiger partial charge is 0.320 e. The zero-order chi connectivity index (χ0) is 16.2. The zero-order valence-corrected chi connectivity index (χ0v) is 14.3. The van der Waals surface area contributed by atoms with Crippen LogP contribution in [0, 0.1) is 5.92 Å². The molecule has 2 N–H and O–H groups in total. The number of aromatic nitrogens is 2. The van der Waals surface area contributed by atoms with Crippen molar-refractivity contribution in [2.75, 3.05) is 26.0 Å². The van der Waals surface area contributed by atoms with E-state index in [0.29, 0.717) is 6.54 Å². The number of nitrogens with one attached hydrogen (secondary N) is 2. The predicted molar refractivity (Wildman–Crippen MR) is 92.7 cm³/mol. The number of amides is 2. The van der Waals surface area contributed by atoms with Gasteiger partial charge in [0.1, 0.15) is 5.82 Å². The van der Waals surface area contributed by atoms with Crippen molar-refractivity contribution in [1.29, 1.82) is 0 Å². The molecule has 2 heterocycles. The van der Waals surface area contributed by atoms with Crippen molar-refractivity contribution in [3.8, 4) is 0 Å². The van der Waals surface area contributed by atoms with Crippen molar-refractivity contribution in [1.82, 2.24) is 20.0 Å². The fourth-order valence-electron chi connectivity index (χ4n) is 2.50. The molecule has 0 bridgehead atoms. The molecule has 1 fully saturated rings. The highest BCUT2D eigenvalue weighted by Crippen LogP contribution is 2.31. The molecule has 2 aromatic rings. The van der Waals surface area contributed by atoms with E-state index in [4.69, 9.17) is 0 Å². The highest BCUT2D eigenvalue weighted by Gasteiger charge is 2.23. The first kappa shape index (κ1) is 16.0. The Morgan fingerprint density at radius 2 is 2.30 bits per heavy atom. The molecule has 1 unspecified atom stereocenters. The SMILES string of the molecule is CN(C)C(CNC(=O)Nc1ccnn1CC1CC1)c1cccs1. The number of carbonyl (C=O) groups excluding carboxylic acids is 1. The fraction of sp³-hybridized carbons (Fsp3) is 0.500. The molecule has 0 spiro atoms. The van der Waals surface area contributed by atoms with Crippen molar-refractivity contribution >= 4 is 23.2 Å². The standard InChI is InChI=1S/C16H23N5OS/c1-20(2)13(14-4-3-9-23-14)10-17-16(22)19-15-7-8-18-21(15)11-12-5-6-12/h3-4,7-9,12-13H,5-6,10-11H2,1-2H3,(H2,17,19,22). The normalized spacial score (nSPS) is 15.6. The molecule has 2 amide bonds. The van der Waals surface area contributed by atoms with Crippen LogP contribution in [0.1, 0.15) is 23.8 Å². The van der Waals surface area contributed by atoms with Gasteiger partial charge in [0, 0.05) is 24.0 Å². The Bertz CT molecular complexity index is 633. The van der Waals surface area contributed by atoms with Crippen LogP contribution in [0.4, 0.5) is 10.6 Å². The van der Waals surface area contributed by atoms with Crippen LogP contribution in [-0.4, -0.2) is 41.4 Å². The minimum Gasteiger partial charge on any atom is -0.336 e. The van der Waals surface area contributed by atoms with Gasteiger partial charge >= 0.3 is 6.03 Å². The summed E-state index contributed by atoms with van der Waals surface area (Å²) in [4.78, 5) is 15.5. The van der Waals surface area contributed by atoms with Crippen LogP contribution < -0.4 is 10.6 Å². The molecule has 0 aromatic carbocycles. The van der Waals surface area contributed by atoms with E-state index in [1.807, 2.05) is 30.9 Å². The van der Waals surface area contributed by atoms with Gasteiger partial charge in [-0.25, -0.2) is 9.48 Å². The number of thiophene rings is 1. The molecule has 23 heavy (non-hydrogen) atoms. The van der Waals surface area contributed by atoms with E-state index < -0.39 is 0 Å². The predicted octanol–water partition coefficient (Wildman–Crippen LogP) is 2.78. The minimum absolute atomic E-state index is 0.178. The van der Waals surface area contributed by atoms with Gasteiger partial charge in [-0.2, -0.15) is 5.10 Å². The molecule has 0 saturated heterocycles. The number of anilines is 1. The second kappa shape index (κ2) is 7.14. The lowest BCUT2D eigenvalue weighted by molar-refractivity contribution is 0.243. The average molecular weight is 333 g/mol. The molecule has 124 valence electrons. The highest BCUT2D eigenvalue weighted by atomic mass is 32.1. The minimum atomic E-state index is -0.189. The fourth-order valence-corrected chi connectivity index (χ4v) is 3.42. The van der Waals surface area contributed by atoms with Crippen LogP contribution in [0.25, 0.3) is 0 Å². The summed E-state index contributed by atoms with van der Waals surface area (Å²) in [7, 11) is 4.05. The maximum atomic E-state index is 12.2. The Kier molecular flexibility index (Phi) is 4.97. The number of hydrogen-bond acceptors (Lipinski definition) is 4. The van der Waals surface area contributed by atoms with E-state index in [2.05, 4.69) is 32.1 Å². The molecule has 3 rings (SSSR count). The van der Waals surface area contributed by atoms with Crippen LogP contribution in [0.3, 0.4) is 0 Å². The first-order valence-corrected chi connectivity index (χ1v) is 8.78. The second-order valence-corrected chi connectivity index (χ2v) is 7.15. The molecular formula is C16H23N5OS. The molecule has 0 radical (unpaired) electrons. The maximum Gasteiger partial charge on any atom is 0.320 e. The van der Waals surface area contributed by atoms with Crippen LogP contribution in [0.5, 0.6) is 0 Å². The van der Waals surface area contributed by atoms with Crippen molar-refractivity contribution in [3.63, 3.8) is 0 Å². The first-order valence-electron chi connectivity index (χ1n) is 7.90. The van der Waals surface area contributed by atoms with Crippen molar-refractivity contribution in [3.05, 3.63) is 34.7 Å². The molecule has 1 aliphatic rings. The van der Waals surface area contributed by atoms with Crippen LogP contribution in [-0.2, 0) is 6.54 Å². The van der Waals surface area contributed by atoms with E-state index in [-0.39, 0.29) is 12.1 Å². The quantitative estimate of drug-likeness (QED) is 0.819. The van der Waals surface area contributed by atoms with Gasteiger partial charge in [-0.3, -0.25) is 5.32 Å². The summed E-state index contributed by atoms with van der Waals surface area (Å²) in [6.07, 6.45) is 4.25. The van der Waals surface area contributed by atoms with Gasteiger partial charge in [0.25, 0.3) is 0 Å². The summed E-state index contributed by atoms with van der Waals surface area (Å²) in [5.74, 6) is 1.47. The lowest BCUT2D eigenvalue weighted by atomic mass is 10.2. The Labute approximate surface area is 140 Å². The lowest BCUT2D eigenvalue weighted by Crippen LogP contribution is -2.37. The monoisotopic (exact) mass is 333 g/mol. The Morgan fingerprint density at radius 3 is 2.96 bits per heavy atom. The number of urea groups is 1. The van der Waals surface area contributed by atoms with Crippen molar-refractivity contribution in [2.45, 2.75) is 25.4 Å². The highest BCUT2D eigenvalue weighted by molar-refractivity contribution is 7.10. The molecule has 1 atom stereocenters. The van der Waals surface area contributed by atoms with Gasteiger partial charge in [-0.05, 0) is 44.3 Å². The van der Waals surface area contributed by atoms with E-state index in [0.717, 1.165) is 18.3 Å². The largest absolute Gasteiger partial charge is 0.336 e. The lowest BCUT2D eigenvalue weighted by Gasteiger charge is -2.23.